The highest BCUT2D eigenvalue weighted by Crippen LogP contribution is 2.27. The number of halogens is 3. The molecule has 0 aliphatic heterocycles. The van der Waals surface area contributed by atoms with Crippen LogP contribution in [0.5, 0.6) is 0 Å². The number of rotatable bonds is 2. The van der Waals surface area contributed by atoms with Gasteiger partial charge in [0, 0.05) is 6.20 Å². The summed E-state index contributed by atoms with van der Waals surface area (Å²) in [6, 6.07) is 7.04. The summed E-state index contributed by atoms with van der Waals surface area (Å²) in [6.07, 6.45) is -2.60. The third-order valence-corrected chi connectivity index (χ3v) is 3.05. The summed E-state index contributed by atoms with van der Waals surface area (Å²) in [6.45, 7) is 1.82. The van der Waals surface area contributed by atoms with E-state index < -0.39 is 18.0 Å². The first kappa shape index (κ1) is 18.6. The molecule has 10 heteroatoms. The maximum absolute atomic E-state index is 12.6. The lowest BCUT2D eigenvalue weighted by atomic mass is 10.3. The van der Waals surface area contributed by atoms with Crippen LogP contribution < -0.4 is 10.8 Å². The zero-order chi connectivity index (χ0) is 18.4. The number of nitrogens with zero attached hydrogens (tertiary/aromatic N) is 3. The normalized spacial score (nSPS) is 11.9. The molecule has 0 bridgehead atoms. The van der Waals surface area contributed by atoms with Gasteiger partial charge in [-0.3, -0.25) is 5.32 Å². The summed E-state index contributed by atoms with van der Waals surface area (Å²) < 4.78 is 44.0. The zero-order valence-corrected chi connectivity index (χ0v) is 13.8. The van der Waals surface area contributed by atoms with E-state index in [2.05, 4.69) is 20.0 Å². The molecule has 0 aromatic carbocycles. The molecule has 2 rings (SSSR count). The van der Waals surface area contributed by atoms with E-state index in [1.165, 1.54) is 10.6 Å². The molecule has 0 fully saturated rings. The van der Waals surface area contributed by atoms with Crippen molar-refractivity contribution in [3.05, 3.63) is 53.9 Å². The average molecular weight is 370 g/mol. The predicted octanol–water partition coefficient (Wildman–Crippen LogP) is 2.82. The van der Waals surface area contributed by atoms with E-state index in [4.69, 9.17) is 12.2 Å². The van der Waals surface area contributed by atoms with Crippen molar-refractivity contribution in [1.82, 2.24) is 14.9 Å². The molecule has 1 amide bonds. The van der Waals surface area contributed by atoms with Crippen molar-refractivity contribution in [1.29, 1.82) is 0 Å². The molecule has 1 N–H and O–H groups in total. The summed E-state index contributed by atoms with van der Waals surface area (Å²) in [5, 5.41) is 2.12. The second-order valence-electron chi connectivity index (χ2n) is 4.59. The van der Waals surface area contributed by atoms with Crippen LogP contribution in [0.4, 0.5) is 18.0 Å². The first-order chi connectivity index (χ1) is 11.8. The van der Waals surface area contributed by atoms with Crippen LogP contribution >= 0.6 is 12.2 Å². The molecule has 2 heterocycles. The lowest BCUT2D eigenvalue weighted by molar-refractivity contribution is -0.141. The van der Waals surface area contributed by atoms with Gasteiger partial charge in [-0.15, -0.1) is 0 Å². The molecule has 6 nitrogen and oxygen atoms in total. The standard InChI is InChI=1S/C15H13F3N4O2S/c1-2-24-14(23)21-13(25)20-12-5-3-4-8-22(12)10-6-7-11(19-9-10)15(16,17)18/h3-9H,2H2,1H3,(H,21,23,25). The Hall–Kier alpha value is -2.75. The number of hydrogen-bond donors (Lipinski definition) is 1. The number of alkyl halides is 3. The van der Waals surface area contributed by atoms with Crippen molar-refractivity contribution in [3.63, 3.8) is 0 Å². The SMILES string of the molecule is CCOC(=O)NC(=S)N=c1ccccn1-c1ccc(C(F)(F)F)nc1. The molecule has 132 valence electrons. The third-order valence-electron chi connectivity index (χ3n) is 2.86. The van der Waals surface area contributed by atoms with Gasteiger partial charge in [0.1, 0.15) is 11.2 Å². The van der Waals surface area contributed by atoms with Crippen LogP contribution in [0, 0.1) is 0 Å². The largest absolute Gasteiger partial charge is 0.450 e. The van der Waals surface area contributed by atoms with Crippen molar-refractivity contribution in [2.75, 3.05) is 6.61 Å². The minimum Gasteiger partial charge on any atom is -0.450 e. The second-order valence-corrected chi connectivity index (χ2v) is 4.98. The number of hydrogen-bond acceptors (Lipinski definition) is 4. The average Bonchev–Trinajstić information content (AvgIpc) is 2.54. The Bertz CT molecular complexity index is 832. The van der Waals surface area contributed by atoms with E-state index in [0.717, 1.165) is 12.3 Å². The van der Waals surface area contributed by atoms with Crippen molar-refractivity contribution >= 4 is 23.4 Å². The monoisotopic (exact) mass is 370 g/mol. The van der Waals surface area contributed by atoms with Crippen molar-refractivity contribution in [3.8, 4) is 5.69 Å². The van der Waals surface area contributed by atoms with Gasteiger partial charge in [-0.25, -0.2) is 14.8 Å². The predicted molar refractivity (Wildman–Crippen MR) is 86.9 cm³/mol. The highest BCUT2D eigenvalue weighted by Gasteiger charge is 2.32. The summed E-state index contributed by atoms with van der Waals surface area (Å²) in [5.41, 5.74) is -0.345. The smallest absolute Gasteiger partial charge is 0.433 e. The molecule has 25 heavy (non-hydrogen) atoms. The van der Waals surface area contributed by atoms with E-state index in [0.29, 0.717) is 11.2 Å². The minimum atomic E-state index is -4.52. The van der Waals surface area contributed by atoms with E-state index in [-0.39, 0.29) is 11.7 Å². The molecule has 0 aliphatic carbocycles. The first-order valence-electron chi connectivity index (χ1n) is 7.05. The highest BCUT2D eigenvalue weighted by atomic mass is 32.1. The first-order valence-corrected chi connectivity index (χ1v) is 7.46. The zero-order valence-electron chi connectivity index (χ0n) is 12.9. The number of carbonyl (C=O) groups excluding carboxylic acids is 1. The van der Waals surface area contributed by atoms with Crippen molar-refractivity contribution in [2.24, 2.45) is 4.99 Å². The van der Waals surface area contributed by atoms with Gasteiger partial charge in [0.25, 0.3) is 0 Å². The molecular formula is C15H13F3N4O2S. The summed E-state index contributed by atoms with van der Waals surface area (Å²) >= 11 is 4.95. The fourth-order valence-corrected chi connectivity index (χ4v) is 2.00. The van der Waals surface area contributed by atoms with Crippen LogP contribution in [0.1, 0.15) is 12.6 Å². The van der Waals surface area contributed by atoms with Gasteiger partial charge < -0.3 is 9.30 Å². The number of alkyl carbamates (subject to hydrolysis) is 1. The van der Waals surface area contributed by atoms with Gasteiger partial charge in [0.15, 0.2) is 0 Å². The number of carbonyl (C=O) groups is 1. The topological polar surface area (TPSA) is 68.5 Å². The second kappa shape index (κ2) is 7.88. The van der Waals surface area contributed by atoms with Crippen LogP contribution in [-0.2, 0) is 10.9 Å². The number of aromatic nitrogens is 2. The van der Waals surface area contributed by atoms with Gasteiger partial charge in [-0.2, -0.15) is 13.2 Å². The molecule has 0 radical (unpaired) electrons. The van der Waals surface area contributed by atoms with Gasteiger partial charge in [-0.05, 0) is 43.4 Å². The van der Waals surface area contributed by atoms with Crippen LogP contribution in [0.25, 0.3) is 5.69 Å². The number of nitrogens with one attached hydrogen (secondary N) is 1. The number of pyridine rings is 2. The molecular weight excluding hydrogens is 357 g/mol. The Morgan fingerprint density at radius 2 is 2.12 bits per heavy atom. The number of thiocarbonyl (C=S) groups is 1. The fourth-order valence-electron chi connectivity index (χ4n) is 1.83. The Morgan fingerprint density at radius 1 is 1.36 bits per heavy atom. The molecule has 0 spiro atoms. The highest BCUT2D eigenvalue weighted by molar-refractivity contribution is 7.80. The molecule has 0 saturated heterocycles. The van der Waals surface area contributed by atoms with E-state index in [1.54, 1.807) is 31.3 Å². The molecule has 0 unspecified atom stereocenters. The molecule has 2 aromatic heterocycles. The fraction of sp³-hybridized carbons (Fsp3) is 0.200. The number of ether oxygens (including phenoxy) is 1. The van der Waals surface area contributed by atoms with E-state index >= 15 is 0 Å². The van der Waals surface area contributed by atoms with Crippen LogP contribution in [0.2, 0.25) is 0 Å². The Balaban J connectivity index is 2.33. The third kappa shape index (κ3) is 5.11. The summed E-state index contributed by atoms with van der Waals surface area (Å²) in [7, 11) is 0. The lowest BCUT2D eigenvalue weighted by Gasteiger charge is -2.10. The van der Waals surface area contributed by atoms with E-state index in [9.17, 15) is 18.0 Å². The summed E-state index contributed by atoms with van der Waals surface area (Å²) in [5.74, 6) is 0. The lowest BCUT2D eigenvalue weighted by Crippen LogP contribution is -2.31. The minimum absolute atomic E-state index is 0.140. The number of amides is 1. The molecule has 2 aromatic rings. The van der Waals surface area contributed by atoms with E-state index in [1.807, 2.05) is 0 Å². The quantitative estimate of drug-likeness (QED) is 0.826. The van der Waals surface area contributed by atoms with Crippen molar-refractivity contribution in [2.45, 2.75) is 13.1 Å². The van der Waals surface area contributed by atoms with Crippen LogP contribution in [-0.4, -0.2) is 27.4 Å². The van der Waals surface area contributed by atoms with Crippen LogP contribution in [0.15, 0.2) is 47.7 Å². The Labute approximate surface area is 146 Å². The Kier molecular flexibility index (Phi) is 5.86. The molecule has 0 saturated carbocycles. The molecule has 0 atom stereocenters. The maximum atomic E-state index is 12.6. The van der Waals surface area contributed by atoms with Crippen molar-refractivity contribution < 1.29 is 22.7 Å². The molecule has 0 aliphatic rings. The van der Waals surface area contributed by atoms with Gasteiger partial charge >= 0.3 is 12.3 Å². The van der Waals surface area contributed by atoms with Gasteiger partial charge in [-0.1, -0.05) is 6.07 Å². The van der Waals surface area contributed by atoms with Gasteiger partial charge in [0.2, 0.25) is 5.11 Å². The Morgan fingerprint density at radius 3 is 2.72 bits per heavy atom. The van der Waals surface area contributed by atoms with Gasteiger partial charge in [0.05, 0.1) is 18.5 Å². The van der Waals surface area contributed by atoms with Crippen LogP contribution in [0.3, 0.4) is 0 Å². The maximum Gasteiger partial charge on any atom is 0.433 e. The summed E-state index contributed by atoms with van der Waals surface area (Å²) in [4.78, 5) is 18.8.